The maximum atomic E-state index is 12.1. The number of aryl methyl sites for hydroxylation is 1. The number of nitrogens with two attached hydrogens (primary N) is 1. The van der Waals surface area contributed by atoms with E-state index in [1.165, 1.54) is 10.4 Å². The molecule has 0 aliphatic carbocycles. The molecule has 1 aromatic heterocycles. The molecule has 0 radical (unpaired) electrons. The second-order valence-corrected chi connectivity index (χ2v) is 7.76. The van der Waals surface area contributed by atoms with E-state index in [-0.39, 0.29) is 6.03 Å². The van der Waals surface area contributed by atoms with E-state index in [4.69, 9.17) is 5.73 Å². The second-order valence-electron chi connectivity index (χ2n) is 6.61. The third-order valence-corrected chi connectivity index (χ3v) is 5.23. The highest BCUT2D eigenvalue weighted by Gasteiger charge is 2.21. The van der Waals surface area contributed by atoms with Crippen LogP contribution < -0.4 is 16.4 Å². The van der Waals surface area contributed by atoms with Crippen LogP contribution in [0.1, 0.15) is 23.3 Å². The van der Waals surface area contributed by atoms with Crippen molar-refractivity contribution in [1.29, 1.82) is 0 Å². The average Bonchev–Trinajstić information content (AvgIpc) is 3.00. The van der Waals surface area contributed by atoms with Gasteiger partial charge in [0.1, 0.15) is 0 Å². The molecule has 0 spiro atoms. The molecule has 1 saturated heterocycles. The molecule has 2 amide bonds. The standard InChI is InChI=1S/C18H25N5OS/c1-13-4-6-15(7-5-13)22-18(24)21-9-14-3-2-8-23(11-14)12-16-10-20-17(19)25-16/h4-7,10,14H,2-3,8-9,11-12H2,1H3,(H2,19,20)(H2,21,22,24). The minimum atomic E-state index is -0.142. The van der Waals surface area contributed by atoms with Crippen LogP contribution in [-0.2, 0) is 6.54 Å². The Labute approximate surface area is 152 Å². The van der Waals surface area contributed by atoms with E-state index in [9.17, 15) is 4.79 Å². The zero-order valence-corrected chi connectivity index (χ0v) is 15.3. The number of hydrogen-bond acceptors (Lipinski definition) is 5. The molecular formula is C18H25N5OS. The molecule has 7 heteroatoms. The summed E-state index contributed by atoms with van der Waals surface area (Å²) in [4.78, 5) is 19.8. The van der Waals surface area contributed by atoms with Crippen LogP contribution in [0.2, 0.25) is 0 Å². The molecule has 2 aromatic rings. The summed E-state index contributed by atoms with van der Waals surface area (Å²) < 4.78 is 0. The predicted molar refractivity (Wildman–Crippen MR) is 103 cm³/mol. The number of carbonyl (C=O) groups is 1. The van der Waals surface area contributed by atoms with Gasteiger partial charge in [-0.2, -0.15) is 0 Å². The fourth-order valence-corrected chi connectivity index (χ4v) is 3.85. The lowest BCUT2D eigenvalue weighted by molar-refractivity contribution is 0.167. The minimum Gasteiger partial charge on any atom is -0.375 e. The summed E-state index contributed by atoms with van der Waals surface area (Å²) in [6, 6.07) is 7.66. The minimum absolute atomic E-state index is 0.142. The van der Waals surface area contributed by atoms with Crippen LogP contribution in [0.25, 0.3) is 0 Å². The van der Waals surface area contributed by atoms with Crippen molar-refractivity contribution >= 4 is 28.2 Å². The molecule has 2 heterocycles. The van der Waals surface area contributed by atoms with Gasteiger partial charge in [-0.1, -0.05) is 17.7 Å². The fourth-order valence-electron chi connectivity index (χ4n) is 3.13. The number of likely N-dealkylation sites (tertiary alicyclic amines) is 1. The molecule has 0 saturated carbocycles. The Kier molecular flexibility index (Phi) is 5.88. The predicted octanol–water partition coefficient (Wildman–Crippen LogP) is 3.07. The summed E-state index contributed by atoms with van der Waals surface area (Å²) in [6.45, 7) is 5.69. The van der Waals surface area contributed by atoms with Gasteiger partial charge in [-0.15, -0.1) is 11.3 Å². The summed E-state index contributed by atoms with van der Waals surface area (Å²) in [5.41, 5.74) is 7.69. The van der Waals surface area contributed by atoms with E-state index in [0.29, 0.717) is 17.6 Å². The SMILES string of the molecule is Cc1ccc(NC(=O)NCC2CCCN(Cc3cnc(N)s3)C2)cc1. The monoisotopic (exact) mass is 359 g/mol. The number of benzene rings is 1. The van der Waals surface area contributed by atoms with Gasteiger partial charge in [-0.3, -0.25) is 4.90 Å². The van der Waals surface area contributed by atoms with Gasteiger partial charge >= 0.3 is 6.03 Å². The highest BCUT2D eigenvalue weighted by Crippen LogP contribution is 2.21. The van der Waals surface area contributed by atoms with Crippen LogP contribution in [0.3, 0.4) is 0 Å². The Balaban J connectivity index is 1.42. The molecule has 0 bridgehead atoms. The Bertz CT molecular complexity index is 700. The Morgan fingerprint density at radius 1 is 1.40 bits per heavy atom. The fraction of sp³-hybridized carbons (Fsp3) is 0.444. The molecule has 1 aromatic carbocycles. The zero-order chi connectivity index (χ0) is 17.6. The van der Waals surface area contributed by atoms with Crippen molar-refractivity contribution in [2.45, 2.75) is 26.3 Å². The number of urea groups is 1. The van der Waals surface area contributed by atoms with Gasteiger partial charge in [-0.25, -0.2) is 9.78 Å². The first-order chi connectivity index (χ1) is 12.1. The van der Waals surface area contributed by atoms with Gasteiger partial charge in [0.15, 0.2) is 5.13 Å². The molecule has 1 unspecified atom stereocenters. The summed E-state index contributed by atoms with van der Waals surface area (Å²) >= 11 is 1.55. The number of rotatable bonds is 5. The van der Waals surface area contributed by atoms with Crippen LogP contribution in [0.15, 0.2) is 30.5 Å². The maximum Gasteiger partial charge on any atom is 0.319 e. The molecular weight excluding hydrogens is 334 g/mol. The van der Waals surface area contributed by atoms with E-state index < -0.39 is 0 Å². The van der Waals surface area contributed by atoms with E-state index in [1.807, 2.05) is 37.4 Å². The number of nitrogens with zero attached hydrogens (tertiary/aromatic N) is 2. The van der Waals surface area contributed by atoms with Crippen LogP contribution in [0.4, 0.5) is 15.6 Å². The number of aromatic nitrogens is 1. The lowest BCUT2D eigenvalue weighted by atomic mass is 9.98. The van der Waals surface area contributed by atoms with Crippen molar-refractivity contribution in [3.8, 4) is 0 Å². The number of carbonyl (C=O) groups excluding carboxylic acids is 1. The van der Waals surface area contributed by atoms with E-state index in [2.05, 4.69) is 20.5 Å². The molecule has 1 aliphatic rings. The topological polar surface area (TPSA) is 83.3 Å². The Morgan fingerprint density at radius 3 is 2.92 bits per heavy atom. The van der Waals surface area contributed by atoms with Gasteiger partial charge < -0.3 is 16.4 Å². The third-order valence-electron chi connectivity index (χ3n) is 4.41. The van der Waals surface area contributed by atoms with Crippen molar-refractivity contribution in [3.63, 3.8) is 0 Å². The van der Waals surface area contributed by atoms with Crippen molar-refractivity contribution in [1.82, 2.24) is 15.2 Å². The van der Waals surface area contributed by atoms with Crippen LogP contribution in [-0.4, -0.2) is 35.5 Å². The normalized spacial score (nSPS) is 18.0. The van der Waals surface area contributed by atoms with Crippen molar-refractivity contribution in [3.05, 3.63) is 40.9 Å². The van der Waals surface area contributed by atoms with Gasteiger partial charge in [0.05, 0.1) is 0 Å². The maximum absolute atomic E-state index is 12.1. The van der Waals surface area contributed by atoms with Crippen molar-refractivity contribution in [2.75, 3.05) is 30.7 Å². The van der Waals surface area contributed by atoms with Crippen molar-refractivity contribution in [2.24, 2.45) is 5.92 Å². The molecule has 1 fully saturated rings. The molecule has 1 atom stereocenters. The van der Waals surface area contributed by atoms with Crippen LogP contribution in [0.5, 0.6) is 0 Å². The number of nitrogen functional groups attached to an aromatic ring is 1. The third kappa shape index (κ3) is 5.44. The lowest BCUT2D eigenvalue weighted by Crippen LogP contribution is -2.41. The first-order valence-corrected chi connectivity index (χ1v) is 9.44. The zero-order valence-electron chi connectivity index (χ0n) is 14.5. The summed E-state index contributed by atoms with van der Waals surface area (Å²) in [5.74, 6) is 0.475. The quantitative estimate of drug-likeness (QED) is 0.766. The molecule has 1 aliphatic heterocycles. The highest BCUT2D eigenvalue weighted by molar-refractivity contribution is 7.15. The molecule has 6 nitrogen and oxygen atoms in total. The highest BCUT2D eigenvalue weighted by atomic mass is 32.1. The second kappa shape index (κ2) is 8.31. The van der Waals surface area contributed by atoms with Crippen molar-refractivity contribution < 1.29 is 4.79 Å². The van der Waals surface area contributed by atoms with Gasteiger partial charge in [0, 0.05) is 36.4 Å². The number of hydrogen-bond donors (Lipinski definition) is 3. The smallest absolute Gasteiger partial charge is 0.319 e. The number of piperidine rings is 1. The Hall–Kier alpha value is -2.12. The first-order valence-electron chi connectivity index (χ1n) is 8.62. The summed E-state index contributed by atoms with van der Waals surface area (Å²) in [5, 5.41) is 6.50. The van der Waals surface area contributed by atoms with Gasteiger partial charge in [0.25, 0.3) is 0 Å². The van der Waals surface area contributed by atoms with Crippen LogP contribution >= 0.6 is 11.3 Å². The van der Waals surface area contributed by atoms with E-state index in [0.717, 1.165) is 38.2 Å². The lowest BCUT2D eigenvalue weighted by Gasteiger charge is -2.32. The molecule has 25 heavy (non-hydrogen) atoms. The Morgan fingerprint density at radius 2 is 2.20 bits per heavy atom. The number of nitrogens with one attached hydrogen (secondary N) is 2. The average molecular weight is 359 g/mol. The first kappa shape index (κ1) is 17.7. The van der Waals surface area contributed by atoms with Crippen LogP contribution in [0, 0.1) is 12.8 Å². The number of thiazole rings is 1. The molecule has 3 rings (SSSR count). The van der Waals surface area contributed by atoms with E-state index >= 15 is 0 Å². The van der Waals surface area contributed by atoms with Gasteiger partial charge in [-0.05, 0) is 44.4 Å². The molecule has 134 valence electrons. The molecule has 4 N–H and O–H groups in total. The number of amides is 2. The van der Waals surface area contributed by atoms with Gasteiger partial charge in [0.2, 0.25) is 0 Å². The summed E-state index contributed by atoms with van der Waals surface area (Å²) in [7, 11) is 0. The van der Waals surface area contributed by atoms with E-state index in [1.54, 1.807) is 11.3 Å². The summed E-state index contributed by atoms with van der Waals surface area (Å²) in [6.07, 6.45) is 4.16. The largest absolute Gasteiger partial charge is 0.375 e. The number of anilines is 2.